The fourth-order valence-electron chi connectivity index (χ4n) is 2.34. The Morgan fingerprint density at radius 1 is 1.20 bits per heavy atom. The Hall–Kier alpha value is -1.54. The standard InChI is InChI=1S/C17H17ClFN3OS2/c1-21(2)8-9-22(15(23)10-11-6-7-14(18)24-11)17-20-16-12(19)4-3-5-13(16)25-17/h3-7H,8-10H2,1-2H3. The van der Waals surface area contributed by atoms with E-state index in [0.29, 0.717) is 28.1 Å². The molecule has 0 atom stereocenters. The number of thiophene rings is 1. The van der Waals surface area contributed by atoms with Crippen LogP contribution in [0, 0.1) is 5.82 Å². The first-order valence-electron chi connectivity index (χ1n) is 7.68. The van der Waals surface area contributed by atoms with Crippen LogP contribution in [0.3, 0.4) is 0 Å². The summed E-state index contributed by atoms with van der Waals surface area (Å²) in [6, 6.07) is 8.48. The second-order valence-electron chi connectivity index (χ2n) is 5.81. The van der Waals surface area contributed by atoms with Crippen LogP contribution in [0.4, 0.5) is 9.52 Å². The van der Waals surface area contributed by atoms with Gasteiger partial charge in [0.2, 0.25) is 5.91 Å². The predicted octanol–water partition coefficient (Wildman–Crippen LogP) is 4.29. The summed E-state index contributed by atoms with van der Waals surface area (Å²) in [5.74, 6) is -0.440. The van der Waals surface area contributed by atoms with E-state index in [0.717, 1.165) is 9.58 Å². The van der Waals surface area contributed by atoms with Gasteiger partial charge in [-0.3, -0.25) is 9.69 Å². The third kappa shape index (κ3) is 4.36. The van der Waals surface area contributed by atoms with Gasteiger partial charge in [-0.15, -0.1) is 11.3 Å². The zero-order chi connectivity index (χ0) is 18.0. The van der Waals surface area contributed by atoms with Crippen molar-refractivity contribution < 1.29 is 9.18 Å². The first kappa shape index (κ1) is 18.3. The number of anilines is 1. The van der Waals surface area contributed by atoms with Gasteiger partial charge in [0.1, 0.15) is 11.3 Å². The van der Waals surface area contributed by atoms with Gasteiger partial charge in [0.05, 0.1) is 15.5 Å². The molecule has 0 aliphatic heterocycles. The minimum Gasteiger partial charge on any atom is -0.308 e. The van der Waals surface area contributed by atoms with Crippen molar-refractivity contribution in [2.45, 2.75) is 6.42 Å². The van der Waals surface area contributed by atoms with Crippen LogP contribution >= 0.6 is 34.3 Å². The molecular weight excluding hydrogens is 381 g/mol. The van der Waals surface area contributed by atoms with E-state index in [1.54, 1.807) is 17.0 Å². The van der Waals surface area contributed by atoms with Crippen molar-refractivity contribution in [3.05, 3.63) is 45.4 Å². The molecule has 0 bridgehead atoms. The molecule has 0 fully saturated rings. The van der Waals surface area contributed by atoms with Gasteiger partial charge in [-0.25, -0.2) is 9.37 Å². The number of amides is 1. The number of fused-ring (bicyclic) bond motifs is 1. The fraction of sp³-hybridized carbons (Fsp3) is 0.294. The second-order valence-corrected chi connectivity index (χ2v) is 8.62. The normalized spacial score (nSPS) is 11.4. The zero-order valence-electron chi connectivity index (χ0n) is 13.8. The molecule has 0 saturated carbocycles. The van der Waals surface area contributed by atoms with Crippen LogP contribution in [-0.4, -0.2) is 43.0 Å². The van der Waals surface area contributed by atoms with Crippen molar-refractivity contribution in [2.75, 3.05) is 32.1 Å². The van der Waals surface area contributed by atoms with Gasteiger partial charge in [0, 0.05) is 18.0 Å². The molecule has 2 aromatic heterocycles. The van der Waals surface area contributed by atoms with Gasteiger partial charge >= 0.3 is 0 Å². The number of hydrogen-bond acceptors (Lipinski definition) is 5. The summed E-state index contributed by atoms with van der Waals surface area (Å²) in [4.78, 5) is 21.7. The summed E-state index contributed by atoms with van der Waals surface area (Å²) >= 11 is 8.67. The minimum absolute atomic E-state index is 0.0696. The predicted molar refractivity (Wildman–Crippen MR) is 104 cm³/mol. The van der Waals surface area contributed by atoms with E-state index in [4.69, 9.17) is 11.6 Å². The third-order valence-corrected chi connectivity index (χ3v) is 5.89. The quantitative estimate of drug-likeness (QED) is 0.622. The molecule has 1 amide bonds. The first-order valence-corrected chi connectivity index (χ1v) is 9.69. The molecule has 0 radical (unpaired) electrons. The maximum absolute atomic E-state index is 13.9. The number of benzene rings is 1. The van der Waals surface area contributed by atoms with E-state index >= 15 is 0 Å². The van der Waals surface area contributed by atoms with Gasteiger partial charge in [0.15, 0.2) is 5.13 Å². The largest absolute Gasteiger partial charge is 0.308 e. The molecule has 0 aliphatic rings. The number of likely N-dealkylation sites (N-methyl/N-ethyl adjacent to an activating group) is 1. The summed E-state index contributed by atoms with van der Waals surface area (Å²) < 4.78 is 15.3. The van der Waals surface area contributed by atoms with Crippen molar-refractivity contribution in [1.29, 1.82) is 0 Å². The number of halogens is 2. The Kier molecular flexibility index (Phi) is 5.68. The van der Waals surface area contributed by atoms with Gasteiger partial charge in [0.25, 0.3) is 0 Å². The highest BCUT2D eigenvalue weighted by atomic mass is 35.5. The lowest BCUT2D eigenvalue weighted by atomic mass is 10.3. The lowest BCUT2D eigenvalue weighted by Crippen LogP contribution is -2.37. The lowest BCUT2D eigenvalue weighted by molar-refractivity contribution is -0.118. The van der Waals surface area contributed by atoms with Crippen molar-refractivity contribution >= 4 is 55.5 Å². The Morgan fingerprint density at radius 3 is 2.64 bits per heavy atom. The number of carbonyl (C=O) groups excluding carboxylic acids is 1. The molecule has 1 aromatic carbocycles. The summed E-state index contributed by atoms with van der Waals surface area (Å²) in [5.41, 5.74) is 0.310. The van der Waals surface area contributed by atoms with E-state index in [1.807, 2.05) is 31.1 Å². The molecule has 0 saturated heterocycles. The lowest BCUT2D eigenvalue weighted by Gasteiger charge is -2.21. The van der Waals surface area contributed by atoms with Crippen molar-refractivity contribution in [3.63, 3.8) is 0 Å². The van der Waals surface area contributed by atoms with Crippen LogP contribution < -0.4 is 4.90 Å². The van der Waals surface area contributed by atoms with Gasteiger partial charge in [-0.1, -0.05) is 29.0 Å². The molecule has 132 valence electrons. The van der Waals surface area contributed by atoms with E-state index in [-0.39, 0.29) is 18.1 Å². The molecule has 3 aromatic rings. The number of nitrogens with zero attached hydrogens (tertiary/aromatic N) is 3. The van der Waals surface area contributed by atoms with Crippen LogP contribution in [0.5, 0.6) is 0 Å². The molecule has 4 nitrogen and oxygen atoms in total. The molecule has 8 heteroatoms. The minimum atomic E-state index is -0.370. The molecule has 3 rings (SSSR count). The second kappa shape index (κ2) is 7.78. The molecule has 0 unspecified atom stereocenters. The highest BCUT2D eigenvalue weighted by Crippen LogP contribution is 2.31. The first-order chi connectivity index (χ1) is 11.9. The topological polar surface area (TPSA) is 36.4 Å². The third-order valence-electron chi connectivity index (χ3n) is 3.62. The van der Waals surface area contributed by atoms with E-state index in [1.165, 1.54) is 28.7 Å². The Morgan fingerprint density at radius 2 is 2.00 bits per heavy atom. The SMILES string of the molecule is CN(C)CCN(C(=O)Cc1ccc(Cl)s1)c1nc2c(F)cccc2s1. The van der Waals surface area contributed by atoms with Gasteiger partial charge in [-0.2, -0.15) is 0 Å². The fourth-order valence-corrected chi connectivity index (χ4v) is 4.44. The highest BCUT2D eigenvalue weighted by Gasteiger charge is 2.21. The summed E-state index contributed by atoms with van der Waals surface area (Å²) in [6.45, 7) is 1.18. The highest BCUT2D eigenvalue weighted by molar-refractivity contribution is 7.22. The summed E-state index contributed by atoms with van der Waals surface area (Å²) in [7, 11) is 3.89. The number of carbonyl (C=O) groups is 1. The number of rotatable bonds is 6. The average molecular weight is 398 g/mol. The average Bonchev–Trinajstić information content (AvgIpc) is 3.14. The molecule has 25 heavy (non-hydrogen) atoms. The van der Waals surface area contributed by atoms with E-state index < -0.39 is 0 Å². The van der Waals surface area contributed by atoms with Crippen LogP contribution in [0.15, 0.2) is 30.3 Å². The number of hydrogen-bond donors (Lipinski definition) is 0. The Labute approximate surface area is 158 Å². The van der Waals surface area contributed by atoms with Crippen LogP contribution in [-0.2, 0) is 11.2 Å². The van der Waals surface area contributed by atoms with Crippen molar-refractivity contribution in [1.82, 2.24) is 9.88 Å². The smallest absolute Gasteiger partial charge is 0.234 e. The van der Waals surface area contributed by atoms with E-state index in [9.17, 15) is 9.18 Å². The summed E-state index contributed by atoms with van der Waals surface area (Å²) in [5, 5.41) is 0.523. The number of aromatic nitrogens is 1. The van der Waals surface area contributed by atoms with Crippen molar-refractivity contribution in [2.24, 2.45) is 0 Å². The van der Waals surface area contributed by atoms with Crippen molar-refractivity contribution in [3.8, 4) is 0 Å². The van der Waals surface area contributed by atoms with E-state index in [2.05, 4.69) is 4.98 Å². The van der Waals surface area contributed by atoms with Crippen LogP contribution in [0.1, 0.15) is 4.88 Å². The van der Waals surface area contributed by atoms with Gasteiger partial charge < -0.3 is 4.90 Å². The summed E-state index contributed by atoms with van der Waals surface area (Å²) in [6.07, 6.45) is 0.253. The Bertz CT molecular complexity index is 893. The number of para-hydroxylation sites is 1. The number of thiazole rings is 1. The maximum atomic E-state index is 13.9. The molecule has 0 N–H and O–H groups in total. The molecular formula is C17H17ClFN3OS2. The van der Waals surface area contributed by atoms with Crippen LogP contribution in [0.2, 0.25) is 4.34 Å². The van der Waals surface area contributed by atoms with Gasteiger partial charge in [-0.05, 0) is 38.4 Å². The molecule has 0 aliphatic carbocycles. The maximum Gasteiger partial charge on any atom is 0.234 e. The monoisotopic (exact) mass is 397 g/mol. The zero-order valence-corrected chi connectivity index (χ0v) is 16.2. The van der Waals surface area contributed by atoms with Crippen LogP contribution in [0.25, 0.3) is 10.2 Å². The molecule has 0 spiro atoms. The Balaban J connectivity index is 1.89. The molecule has 2 heterocycles.